The highest BCUT2D eigenvalue weighted by atomic mass is 32.2. The maximum atomic E-state index is 10.5. The van der Waals surface area contributed by atoms with Gasteiger partial charge in [-0.15, -0.1) is 11.8 Å². The van der Waals surface area contributed by atoms with Crippen molar-refractivity contribution in [2.24, 2.45) is 4.99 Å². The van der Waals surface area contributed by atoms with Crippen molar-refractivity contribution < 1.29 is 4.79 Å². The molecule has 0 aromatic heterocycles. The Kier molecular flexibility index (Phi) is 2.93. The molecule has 0 spiro atoms. The van der Waals surface area contributed by atoms with Crippen molar-refractivity contribution in [1.29, 1.82) is 0 Å². The second-order valence-electron chi connectivity index (χ2n) is 2.37. The fraction of sp³-hybridized carbons (Fsp3) is 0.714. The molecule has 56 valence electrons. The molecule has 1 aliphatic heterocycles. The summed E-state index contributed by atoms with van der Waals surface area (Å²) in [5.74, 6) is 0.832. The van der Waals surface area contributed by atoms with Crippen LogP contribution in [0.5, 0.6) is 0 Å². The van der Waals surface area contributed by atoms with Gasteiger partial charge in [0.05, 0.1) is 10.8 Å². The van der Waals surface area contributed by atoms with E-state index in [0.717, 1.165) is 18.0 Å². The van der Waals surface area contributed by atoms with Gasteiger partial charge in [0.25, 0.3) is 0 Å². The first-order chi connectivity index (χ1) is 4.79. The van der Waals surface area contributed by atoms with Crippen LogP contribution in [0.3, 0.4) is 0 Å². The van der Waals surface area contributed by atoms with E-state index in [1.165, 1.54) is 6.42 Å². The zero-order valence-corrected chi connectivity index (χ0v) is 6.91. The van der Waals surface area contributed by atoms with E-state index in [2.05, 4.69) is 4.99 Å². The summed E-state index contributed by atoms with van der Waals surface area (Å²) in [5, 5.41) is 1.16. The lowest BCUT2D eigenvalue weighted by Gasteiger charge is -1.94. The molecule has 0 atom stereocenters. The van der Waals surface area contributed by atoms with Crippen LogP contribution in [0.1, 0.15) is 19.8 Å². The number of carbonyl (C=O) groups excluding carboxylic acids is 1. The van der Waals surface area contributed by atoms with E-state index in [9.17, 15) is 4.79 Å². The SMILES string of the molecule is CC(=O)CSC1=NCCC1. The normalized spacial score (nSPS) is 17.1. The summed E-state index contributed by atoms with van der Waals surface area (Å²) < 4.78 is 0. The molecule has 0 aromatic carbocycles. The third-order valence-corrected chi connectivity index (χ3v) is 2.50. The Hall–Kier alpha value is -0.310. The molecule has 2 nitrogen and oxygen atoms in total. The molecule has 1 heterocycles. The standard InChI is InChI=1S/C7H11NOS/c1-6(9)5-10-7-3-2-4-8-7/h2-5H2,1H3. The lowest BCUT2D eigenvalue weighted by molar-refractivity contribution is -0.114. The van der Waals surface area contributed by atoms with Gasteiger partial charge in [0.1, 0.15) is 5.78 Å². The van der Waals surface area contributed by atoms with E-state index in [1.807, 2.05) is 0 Å². The quantitative estimate of drug-likeness (QED) is 0.608. The summed E-state index contributed by atoms with van der Waals surface area (Å²) in [5.41, 5.74) is 0. The van der Waals surface area contributed by atoms with Crippen molar-refractivity contribution in [1.82, 2.24) is 0 Å². The molecule has 0 fully saturated rings. The van der Waals surface area contributed by atoms with Crippen LogP contribution in [0.25, 0.3) is 0 Å². The smallest absolute Gasteiger partial charge is 0.140 e. The molecule has 0 N–H and O–H groups in total. The third kappa shape index (κ3) is 2.52. The molecule has 0 saturated carbocycles. The van der Waals surface area contributed by atoms with Crippen LogP contribution >= 0.6 is 11.8 Å². The van der Waals surface area contributed by atoms with Gasteiger partial charge < -0.3 is 0 Å². The van der Waals surface area contributed by atoms with E-state index < -0.39 is 0 Å². The van der Waals surface area contributed by atoms with Crippen LogP contribution < -0.4 is 0 Å². The number of Topliss-reactive ketones (excluding diaryl/α,β-unsaturated/α-hetero) is 1. The number of rotatable bonds is 2. The summed E-state index contributed by atoms with van der Waals surface area (Å²) in [6.45, 7) is 2.57. The number of nitrogens with zero attached hydrogens (tertiary/aromatic N) is 1. The zero-order valence-electron chi connectivity index (χ0n) is 6.09. The molecule has 0 aliphatic carbocycles. The van der Waals surface area contributed by atoms with Crippen LogP contribution in [-0.2, 0) is 4.79 Å². The van der Waals surface area contributed by atoms with E-state index in [-0.39, 0.29) is 5.78 Å². The van der Waals surface area contributed by atoms with E-state index in [0.29, 0.717) is 5.75 Å². The van der Waals surface area contributed by atoms with E-state index >= 15 is 0 Å². The molecule has 0 unspecified atom stereocenters. The number of carbonyl (C=O) groups is 1. The van der Waals surface area contributed by atoms with Gasteiger partial charge in [-0.1, -0.05) is 0 Å². The number of thioether (sulfide) groups is 1. The first-order valence-corrected chi connectivity index (χ1v) is 4.43. The molecule has 10 heavy (non-hydrogen) atoms. The molecule has 3 heteroatoms. The second-order valence-corrected chi connectivity index (χ2v) is 3.42. The van der Waals surface area contributed by atoms with E-state index in [1.54, 1.807) is 18.7 Å². The Morgan fingerprint density at radius 1 is 1.80 bits per heavy atom. The van der Waals surface area contributed by atoms with E-state index in [4.69, 9.17) is 0 Å². The maximum Gasteiger partial charge on any atom is 0.140 e. The van der Waals surface area contributed by atoms with Gasteiger partial charge in [0.2, 0.25) is 0 Å². The number of ketones is 1. The lowest BCUT2D eigenvalue weighted by atomic mass is 10.4. The molecular weight excluding hydrogens is 146 g/mol. The summed E-state index contributed by atoms with van der Waals surface area (Å²) in [4.78, 5) is 14.8. The first-order valence-electron chi connectivity index (χ1n) is 3.44. The average molecular weight is 157 g/mol. The predicted molar refractivity (Wildman–Crippen MR) is 44.7 cm³/mol. The number of aliphatic imine (C=N–C) groups is 1. The molecule has 0 bridgehead atoms. The topological polar surface area (TPSA) is 29.4 Å². The summed E-state index contributed by atoms with van der Waals surface area (Å²) in [6, 6.07) is 0. The van der Waals surface area contributed by atoms with Crippen LogP contribution in [0.4, 0.5) is 0 Å². The summed E-state index contributed by atoms with van der Waals surface area (Å²) in [6.07, 6.45) is 2.25. The van der Waals surface area contributed by atoms with Crippen LogP contribution in [-0.4, -0.2) is 23.1 Å². The Morgan fingerprint density at radius 2 is 2.60 bits per heavy atom. The molecular formula is C7H11NOS. The highest BCUT2D eigenvalue weighted by molar-refractivity contribution is 8.14. The molecule has 0 saturated heterocycles. The van der Waals surface area contributed by atoms with Gasteiger partial charge in [-0.25, -0.2) is 0 Å². The molecule has 0 radical (unpaired) electrons. The van der Waals surface area contributed by atoms with Crippen molar-refractivity contribution in [2.45, 2.75) is 19.8 Å². The van der Waals surface area contributed by atoms with Gasteiger partial charge >= 0.3 is 0 Å². The van der Waals surface area contributed by atoms with Crippen molar-refractivity contribution >= 4 is 22.6 Å². The largest absolute Gasteiger partial charge is 0.299 e. The van der Waals surface area contributed by atoms with Crippen molar-refractivity contribution in [3.63, 3.8) is 0 Å². The van der Waals surface area contributed by atoms with Gasteiger partial charge in [-0.3, -0.25) is 9.79 Å². The highest BCUT2D eigenvalue weighted by Crippen LogP contribution is 2.15. The minimum Gasteiger partial charge on any atom is -0.299 e. The predicted octanol–water partition coefficient (Wildman–Crippen LogP) is 1.50. The van der Waals surface area contributed by atoms with Crippen LogP contribution in [0, 0.1) is 0 Å². The highest BCUT2D eigenvalue weighted by Gasteiger charge is 2.06. The molecule has 1 rings (SSSR count). The Bertz CT molecular complexity index is 165. The first kappa shape index (κ1) is 7.79. The average Bonchev–Trinajstić information content (AvgIpc) is 2.34. The molecule has 0 aromatic rings. The summed E-state index contributed by atoms with van der Waals surface area (Å²) >= 11 is 1.59. The Morgan fingerprint density at radius 3 is 3.10 bits per heavy atom. The Labute approximate surface area is 65.1 Å². The fourth-order valence-electron chi connectivity index (χ4n) is 0.816. The fourth-order valence-corrected chi connectivity index (χ4v) is 1.66. The minimum absolute atomic E-state index is 0.236. The van der Waals surface area contributed by atoms with Crippen molar-refractivity contribution in [2.75, 3.05) is 12.3 Å². The van der Waals surface area contributed by atoms with Gasteiger partial charge in [0.15, 0.2) is 0 Å². The van der Waals surface area contributed by atoms with Crippen molar-refractivity contribution in [3.8, 4) is 0 Å². The summed E-state index contributed by atoms with van der Waals surface area (Å²) in [7, 11) is 0. The van der Waals surface area contributed by atoms with Crippen LogP contribution in [0.15, 0.2) is 4.99 Å². The maximum absolute atomic E-state index is 10.5. The minimum atomic E-state index is 0.236. The van der Waals surface area contributed by atoms with Gasteiger partial charge in [-0.05, 0) is 19.8 Å². The van der Waals surface area contributed by atoms with Crippen molar-refractivity contribution in [3.05, 3.63) is 0 Å². The molecule has 0 amide bonds. The Balaban J connectivity index is 2.19. The lowest BCUT2D eigenvalue weighted by Crippen LogP contribution is -1.97. The zero-order chi connectivity index (χ0) is 7.40. The third-order valence-electron chi connectivity index (χ3n) is 1.28. The second kappa shape index (κ2) is 3.76. The van der Waals surface area contributed by atoms with Gasteiger partial charge in [-0.2, -0.15) is 0 Å². The van der Waals surface area contributed by atoms with Gasteiger partial charge in [0, 0.05) is 6.54 Å². The monoisotopic (exact) mass is 157 g/mol. The number of hydrogen-bond donors (Lipinski definition) is 0. The van der Waals surface area contributed by atoms with Crippen LogP contribution in [0.2, 0.25) is 0 Å². The molecule has 1 aliphatic rings. The number of hydrogen-bond acceptors (Lipinski definition) is 3.